The maximum Gasteiger partial charge on any atom is 0.434 e. The van der Waals surface area contributed by atoms with E-state index >= 15 is 0 Å². The average molecular weight is 606 g/mol. The van der Waals surface area contributed by atoms with E-state index in [0.29, 0.717) is 63.4 Å². The van der Waals surface area contributed by atoms with Crippen molar-refractivity contribution in [2.75, 3.05) is 50.8 Å². The molecule has 15 heteroatoms. The molecule has 6 nitrogen and oxygen atoms in total. The van der Waals surface area contributed by atoms with E-state index in [1.807, 2.05) is 23.6 Å². The normalized spacial score (nSPS) is 22.0. The van der Waals surface area contributed by atoms with Gasteiger partial charge in [0, 0.05) is 50.5 Å². The van der Waals surface area contributed by atoms with Crippen LogP contribution in [0.5, 0.6) is 0 Å². The van der Waals surface area contributed by atoms with Crippen LogP contribution in [0.4, 0.5) is 50.0 Å². The van der Waals surface area contributed by atoms with Crippen LogP contribution < -0.4 is 4.90 Å². The summed E-state index contributed by atoms with van der Waals surface area (Å²) in [6.07, 6.45) is -20.9. The van der Waals surface area contributed by atoms with Crippen molar-refractivity contribution in [2.45, 2.75) is 69.8 Å². The Morgan fingerprint density at radius 1 is 0.927 bits per heavy atom. The lowest BCUT2D eigenvalue weighted by Gasteiger charge is -2.39. The lowest BCUT2D eigenvalue weighted by atomic mass is 9.74. The van der Waals surface area contributed by atoms with Crippen molar-refractivity contribution in [3.05, 3.63) is 29.3 Å². The van der Waals surface area contributed by atoms with Crippen molar-refractivity contribution in [2.24, 2.45) is 5.41 Å². The third-order valence-electron chi connectivity index (χ3n) is 8.14. The summed E-state index contributed by atoms with van der Waals surface area (Å²) in [6.45, 7) is 6.07. The van der Waals surface area contributed by atoms with Gasteiger partial charge in [0.05, 0.1) is 18.8 Å². The Bertz CT molecular complexity index is 1080. The Kier molecular flexibility index (Phi) is 8.46. The standard InChI is InChI=1S/C26H32F9N3O3/c1-22(2)15-23(3-5-37(6-4-23)21(39)41-20(25(30,31)32)26(33,34)35)16-38(22)14-17-11-18(24(27,28)29)13-19(12-17)36-7-9-40-10-8-36/h11-13,20H,3-10,14-16H2,1-2H3. The van der Waals surface area contributed by atoms with Gasteiger partial charge in [-0.15, -0.1) is 0 Å². The Labute approximate surface area is 231 Å². The molecule has 3 aliphatic heterocycles. The highest BCUT2D eigenvalue weighted by Gasteiger charge is 2.60. The lowest BCUT2D eigenvalue weighted by Crippen LogP contribution is -2.50. The van der Waals surface area contributed by atoms with Crippen LogP contribution in [-0.2, 0) is 22.2 Å². The number of ether oxygens (including phenoxy) is 2. The van der Waals surface area contributed by atoms with E-state index in [2.05, 4.69) is 4.74 Å². The number of nitrogens with zero attached hydrogens (tertiary/aromatic N) is 3. The molecule has 0 aromatic heterocycles. The molecule has 41 heavy (non-hydrogen) atoms. The van der Waals surface area contributed by atoms with Crippen molar-refractivity contribution in [1.29, 1.82) is 0 Å². The number of morpholine rings is 1. The maximum absolute atomic E-state index is 13.8. The van der Waals surface area contributed by atoms with Crippen LogP contribution in [0.25, 0.3) is 0 Å². The van der Waals surface area contributed by atoms with Crippen molar-refractivity contribution in [3.8, 4) is 0 Å². The van der Waals surface area contributed by atoms with E-state index in [9.17, 15) is 44.3 Å². The van der Waals surface area contributed by atoms with E-state index < -0.39 is 47.2 Å². The summed E-state index contributed by atoms with van der Waals surface area (Å²) < 4.78 is 127. The van der Waals surface area contributed by atoms with Crippen molar-refractivity contribution in [1.82, 2.24) is 9.80 Å². The van der Waals surface area contributed by atoms with Crippen LogP contribution >= 0.6 is 0 Å². The molecule has 1 amide bonds. The van der Waals surface area contributed by atoms with E-state index in [1.54, 1.807) is 6.07 Å². The van der Waals surface area contributed by atoms with Crippen LogP contribution in [0, 0.1) is 5.41 Å². The van der Waals surface area contributed by atoms with Gasteiger partial charge in [0.15, 0.2) is 0 Å². The number of anilines is 1. The number of amides is 1. The number of benzene rings is 1. The first-order chi connectivity index (χ1) is 18.8. The summed E-state index contributed by atoms with van der Waals surface area (Å²) >= 11 is 0. The minimum absolute atomic E-state index is 0.101. The Hall–Kier alpha value is -2.42. The van der Waals surface area contributed by atoms with Crippen LogP contribution in [0.15, 0.2) is 18.2 Å². The summed E-state index contributed by atoms with van der Waals surface area (Å²) in [7, 11) is 0. The zero-order chi connectivity index (χ0) is 30.4. The molecular weight excluding hydrogens is 573 g/mol. The van der Waals surface area contributed by atoms with Gasteiger partial charge in [0.2, 0.25) is 0 Å². The third kappa shape index (κ3) is 7.33. The van der Waals surface area contributed by atoms with Crippen molar-refractivity contribution < 1.29 is 53.8 Å². The van der Waals surface area contributed by atoms with Gasteiger partial charge in [-0.3, -0.25) is 4.90 Å². The highest BCUT2D eigenvalue weighted by molar-refractivity contribution is 5.68. The number of likely N-dealkylation sites (tertiary alicyclic amines) is 2. The van der Waals surface area contributed by atoms with Gasteiger partial charge in [0.25, 0.3) is 6.10 Å². The smallest absolute Gasteiger partial charge is 0.426 e. The van der Waals surface area contributed by atoms with Gasteiger partial charge in [-0.25, -0.2) is 4.79 Å². The molecule has 0 radical (unpaired) electrons. The summed E-state index contributed by atoms with van der Waals surface area (Å²) in [5.74, 6) is 0. The van der Waals surface area contributed by atoms with Gasteiger partial charge in [-0.05, 0) is 62.3 Å². The molecule has 3 fully saturated rings. The fourth-order valence-electron chi connectivity index (χ4n) is 6.12. The first-order valence-corrected chi connectivity index (χ1v) is 13.2. The SMILES string of the molecule is CC1(C)CC2(CCN(C(=O)OC(C(F)(F)F)C(F)(F)F)CC2)CN1Cc1cc(N2CCOCC2)cc(C(F)(F)F)c1. The van der Waals surface area contributed by atoms with Crippen molar-refractivity contribution in [3.63, 3.8) is 0 Å². The number of carbonyl (C=O) groups excluding carboxylic acids is 1. The van der Waals surface area contributed by atoms with Crippen LogP contribution in [0.1, 0.15) is 44.2 Å². The first kappa shape index (κ1) is 31.5. The first-order valence-electron chi connectivity index (χ1n) is 13.2. The zero-order valence-corrected chi connectivity index (χ0v) is 22.6. The Morgan fingerprint density at radius 2 is 1.51 bits per heavy atom. The average Bonchev–Trinajstić information content (AvgIpc) is 3.09. The Balaban J connectivity index is 1.45. The molecule has 0 saturated carbocycles. The maximum atomic E-state index is 13.8. The number of hydrogen-bond acceptors (Lipinski definition) is 5. The summed E-state index contributed by atoms with van der Waals surface area (Å²) in [6, 6.07) is 3.99. The molecule has 3 saturated heterocycles. The number of alkyl halides is 9. The monoisotopic (exact) mass is 605 g/mol. The van der Waals surface area contributed by atoms with Gasteiger partial charge >= 0.3 is 24.6 Å². The second-order valence-corrected chi connectivity index (χ2v) is 11.7. The minimum atomic E-state index is -5.80. The number of carbonyl (C=O) groups is 1. The predicted octanol–water partition coefficient (Wildman–Crippen LogP) is 6.24. The molecule has 4 rings (SSSR count). The van der Waals surface area contributed by atoms with E-state index in [0.717, 1.165) is 17.0 Å². The summed E-state index contributed by atoms with van der Waals surface area (Å²) in [5, 5.41) is 0. The Morgan fingerprint density at radius 3 is 2.05 bits per heavy atom. The molecule has 0 bridgehead atoms. The molecule has 232 valence electrons. The highest BCUT2D eigenvalue weighted by atomic mass is 19.4. The minimum Gasteiger partial charge on any atom is -0.426 e. The van der Waals surface area contributed by atoms with Crippen molar-refractivity contribution >= 4 is 11.8 Å². The summed E-state index contributed by atoms with van der Waals surface area (Å²) in [5.41, 5.74) is -0.715. The molecule has 0 N–H and O–H groups in total. The van der Waals surface area contributed by atoms with Gasteiger partial charge in [0.1, 0.15) is 0 Å². The molecule has 3 aliphatic rings. The number of halogens is 9. The predicted molar refractivity (Wildman–Crippen MR) is 129 cm³/mol. The highest BCUT2D eigenvalue weighted by Crippen LogP contribution is 2.49. The molecule has 1 aromatic rings. The lowest BCUT2D eigenvalue weighted by molar-refractivity contribution is -0.308. The largest absolute Gasteiger partial charge is 0.434 e. The molecular formula is C26H32F9N3O3. The summed E-state index contributed by atoms with van der Waals surface area (Å²) in [4.78, 5) is 16.9. The molecule has 3 heterocycles. The number of rotatable bonds is 4. The quantitative estimate of drug-likeness (QED) is 0.381. The van der Waals surface area contributed by atoms with E-state index in [4.69, 9.17) is 4.74 Å². The molecule has 0 aliphatic carbocycles. The number of hydrogen-bond donors (Lipinski definition) is 0. The second kappa shape index (κ2) is 11.0. The second-order valence-electron chi connectivity index (χ2n) is 11.7. The third-order valence-corrected chi connectivity index (χ3v) is 8.14. The van der Waals surface area contributed by atoms with E-state index in [1.165, 1.54) is 0 Å². The van der Waals surface area contributed by atoms with Gasteiger partial charge in [-0.1, -0.05) is 0 Å². The van der Waals surface area contributed by atoms with E-state index in [-0.39, 0.29) is 19.6 Å². The topological polar surface area (TPSA) is 45.2 Å². The van der Waals surface area contributed by atoms with Crippen LogP contribution in [0.3, 0.4) is 0 Å². The molecule has 1 aromatic carbocycles. The van der Waals surface area contributed by atoms with Gasteiger partial charge < -0.3 is 19.3 Å². The molecule has 1 spiro atoms. The zero-order valence-electron chi connectivity index (χ0n) is 22.6. The fourth-order valence-corrected chi connectivity index (χ4v) is 6.12. The van der Waals surface area contributed by atoms with Gasteiger partial charge in [-0.2, -0.15) is 39.5 Å². The molecule has 0 unspecified atom stereocenters. The van der Waals surface area contributed by atoms with Crippen LogP contribution in [-0.4, -0.2) is 85.8 Å². The number of piperidine rings is 1. The van der Waals surface area contributed by atoms with Crippen LogP contribution in [0.2, 0.25) is 0 Å². The fraction of sp³-hybridized carbons (Fsp3) is 0.731. The molecule has 0 atom stereocenters.